The molecule has 0 heterocycles. The van der Waals surface area contributed by atoms with Crippen LogP contribution in [0.3, 0.4) is 0 Å². The predicted octanol–water partition coefficient (Wildman–Crippen LogP) is 2.82. The average Bonchev–Trinajstić information content (AvgIpc) is 2.51. The SMILES string of the molecule is CCOc1cc(CCC(=O)O)ccc1OCCN(CC)CC. The Kier molecular flexibility index (Phi) is 8.36. The fourth-order valence-electron chi connectivity index (χ4n) is 2.17. The van der Waals surface area contributed by atoms with E-state index in [9.17, 15) is 4.79 Å². The topological polar surface area (TPSA) is 59.0 Å². The molecule has 0 aromatic heterocycles. The zero-order chi connectivity index (χ0) is 16.4. The maximum Gasteiger partial charge on any atom is 0.303 e. The third-order valence-electron chi connectivity index (χ3n) is 3.50. The van der Waals surface area contributed by atoms with E-state index in [1.54, 1.807) is 0 Å². The molecule has 22 heavy (non-hydrogen) atoms. The summed E-state index contributed by atoms with van der Waals surface area (Å²) in [7, 11) is 0. The van der Waals surface area contributed by atoms with Gasteiger partial charge in [-0.15, -0.1) is 0 Å². The molecule has 0 atom stereocenters. The quantitative estimate of drug-likeness (QED) is 0.681. The molecule has 0 spiro atoms. The minimum atomic E-state index is -0.794. The number of nitrogens with zero attached hydrogens (tertiary/aromatic N) is 1. The van der Waals surface area contributed by atoms with E-state index in [2.05, 4.69) is 18.7 Å². The number of hydrogen-bond acceptors (Lipinski definition) is 4. The summed E-state index contributed by atoms with van der Waals surface area (Å²) in [6.07, 6.45) is 0.614. The maximum atomic E-state index is 10.7. The van der Waals surface area contributed by atoms with Gasteiger partial charge >= 0.3 is 5.97 Å². The Morgan fingerprint density at radius 2 is 1.86 bits per heavy atom. The molecular formula is C17H27NO4. The van der Waals surface area contributed by atoms with E-state index >= 15 is 0 Å². The molecule has 0 saturated heterocycles. The molecule has 0 aliphatic carbocycles. The van der Waals surface area contributed by atoms with Crippen LogP contribution in [-0.2, 0) is 11.2 Å². The van der Waals surface area contributed by atoms with Gasteiger partial charge in [-0.05, 0) is 44.1 Å². The van der Waals surface area contributed by atoms with Crippen molar-refractivity contribution in [2.45, 2.75) is 33.6 Å². The molecule has 0 aliphatic heterocycles. The molecule has 1 aromatic rings. The Hall–Kier alpha value is -1.75. The number of likely N-dealkylation sites (N-methyl/N-ethyl adjacent to an activating group) is 1. The smallest absolute Gasteiger partial charge is 0.303 e. The zero-order valence-electron chi connectivity index (χ0n) is 13.8. The van der Waals surface area contributed by atoms with Gasteiger partial charge in [0.2, 0.25) is 0 Å². The van der Waals surface area contributed by atoms with Crippen LogP contribution in [0, 0.1) is 0 Å². The van der Waals surface area contributed by atoms with Crippen LogP contribution in [0.1, 0.15) is 32.8 Å². The van der Waals surface area contributed by atoms with Gasteiger partial charge in [-0.3, -0.25) is 4.79 Å². The molecule has 0 fully saturated rings. The van der Waals surface area contributed by atoms with Gasteiger partial charge in [0.15, 0.2) is 11.5 Å². The molecule has 0 bridgehead atoms. The van der Waals surface area contributed by atoms with E-state index in [1.807, 2.05) is 25.1 Å². The first-order valence-corrected chi connectivity index (χ1v) is 7.93. The van der Waals surface area contributed by atoms with Crippen molar-refractivity contribution in [1.29, 1.82) is 0 Å². The van der Waals surface area contributed by atoms with Crippen LogP contribution in [0.25, 0.3) is 0 Å². The summed E-state index contributed by atoms with van der Waals surface area (Å²) < 4.78 is 11.4. The lowest BCUT2D eigenvalue weighted by atomic mass is 10.1. The van der Waals surface area contributed by atoms with Gasteiger partial charge in [0.05, 0.1) is 6.61 Å². The minimum absolute atomic E-state index is 0.119. The average molecular weight is 309 g/mol. The second kappa shape index (κ2) is 10.1. The second-order valence-corrected chi connectivity index (χ2v) is 4.98. The summed E-state index contributed by atoms with van der Waals surface area (Å²) in [6.45, 7) is 10.2. The van der Waals surface area contributed by atoms with Crippen molar-refractivity contribution in [3.05, 3.63) is 23.8 Å². The van der Waals surface area contributed by atoms with Crippen LogP contribution >= 0.6 is 0 Å². The third kappa shape index (κ3) is 6.35. The molecule has 5 heteroatoms. The van der Waals surface area contributed by atoms with E-state index in [-0.39, 0.29) is 6.42 Å². The molecular weight excluding hydrogens is 282 g/mol. The Balaban J connectivity index is 2.66. The molecule has 0 radical (unpaired) electrons. The fourth-order valence-corrected chi connectivity index (χ4v) is 2.17. The Labute approximate surface area is 132 Å². The molecule has 124 valence electrons. The molecule has 1 aromatic carbocycles. The summed E-state index contributed by atoms with van der Waals surface area (Å²) >= 11 is 0. The maximum absolute atomic E-state index is 10.7. The molecule has 0 unspecified atom stereocenters. The van der Waals surface area contributed by atoms with Crippen molar-refractivity contribution in [2.75, 3.05) is 32.8 Å². The van der Waals surface area contributed by atoms with E-state index in [0.717, 1.165) is 25.2 Å². The highest BCUT2D eigenvalue weighted by molar-refractivity contribution is 5.67. The first-order chi connectivity index (χ1) is 10.6. The lowest BCUT2D eigenvalue weighted by Gasteiger charge is -2.19. The molecule has 0 amide bonds. The van der Waals surface area contributed by atoms with Crippen molar-refractivity contribution in [1.82, 2.24) is 4.90 Å². The number of hydrogen-bond donors (Lipinski definition) is 1. The number of benzene rings is 1. The van der Waals surface area contributed by atoms with Gasteiger partial charge in [0.1, 0.15) is 6.61 Å². The normalized spacial score (nSPS) is 10.7. The van der Waals surface area contributed by atoms with Crippen molar-refractivity contribution in [3.8, 4) is 11.5 Å². The van der Waals surface area contributed by atoms with Crippen LogP contribution in [0.5, 0.6) is 11.5 Å². The molecule has 0 aliphatic rings. The van der Waals surface area contributed by atoms with E-state index < -0.39 is 5.97 Å². The lowest BCUT2D eigenvalue weighted by molar-refractivity contribution is -0.136. The van der Waals surface area contributed by atoms with Gasteiger partial charge in [0, 0.05) is 13.0 Å². The van der Waals surface area contributed by atoms with Gasteiger partial charge in [-0.1, -0.05) is 19.9 Å². The Morgan fingerprint density at radius 1 is 1.14 bits per heavy atom. The zero-order valence-corrected chi connectivity index (χ0v) is 13.8. The molecule has 1 N–H and O–H groups in total. The third-order valence-corrected chi connectivity index (χ3v) is 3.50. The number of aliphatic carboxylic acids is 1. The summed E-state index contributed by atoms with van der Waals surface area (Å²) in [5.74, 6) is 0.607. The summed E-state index contributed by atoms with van der Waals surface area (Å²) in [4.78, 5) is 12.9. The largest absolute Gasteiger partial charge is 0.490 e. The predicted molar refractivity (Wildman–Crippen MR) is 86.9 cm³/mol. The fraction of sp³-hybridized carbons (Fsp3) is 0.588. The van der Waals surface area contributed by atoms with Gasteiger partial charge < -0.3 is 19.5 Å². The molecule has 0 saturated carbocycles. The number of ether oxygens (including phenoxy) is 2. The summed E-state index contributed by atoms with van der Waals surface area (Å²) in [5.41, 5.74) is 0.946. The highest BCUT2D eigenvalue weighted by atomic mass is 16.5. The summed E-state index contributed by atoms with van der Waals surface area (Å²) in [6, 6.07) is 5.64. The number of carbonyl (C=O) groups is 1. The van der Waals surface area contributed by atoms with Crippen LogP contribution in [0.15, 0.2) is 18.2 Å². The van der Waals surface area contributed by atoms with E-state index in [0.29, 0.717) is 31.1 Å². The van der Waals surface area contributed by atoms with Crippen molar-refractivity contribution in [2.24, 2.45) is 0 Å². The number of carboxylic acid groups (broad SMARTS) is 1. The molecule has 1 rings (SSSR count). The first-order valence-electron chi connectivity index (χ1n) is 7.93. The highest BCUT2D eigenvalue weighted by Crippen LogP contribution is 2.29. The first kappa shape index (κ1) is 18.3. The van der Waals surface area contributed by atoms with E-state index in [1.165, 1.54) is 0 Å². The number of carboxylic acids is 1. The lowest BCUT2D eigenvalue weighted by Crippen LogP contribution is -2.27. The van der Waals surface area contributed by atoms with Crippen LogP contribution in [-0.4, -0.2) is 48.8 Å². The number of aryl methyl sites for hydroxylation is 1. The summed E-state index contributed by atoms with van der Waals surface area (Å²) in [5, 5.41) is 8.76. The monoisotopic (exact) mass is 309 g/mol. The standard InChI is InChI=1S/C17H27NO4/c1-4-18(5-2)11-12-22-15-9-7-14(8-10-17(19)20)13-16(15)21-6-3/h7,9,13H,4-6,8,10-12H2,1-3H3,(H,19,20). The number of rotatable bonds is 11. The van der Waals surface area contributed by atoms with Gasteiger partial charge in [-0.2, -0.15) is 0 Å². The Morgan fingerprint density at radius 3 is 2.45 bits per heavy atom. The van der Waals surface area contributed by atoms with Crippen molar-refractivity contribution in [3.63, 3.8) is 0 Å². The van der Waals surface area contributed by atoms with Gasteiger partial charge in [-0.25, -0.2) is 0 Å². The van der Waals surface area contributed by atoms with Crippen LogP contribution < -0.4 is 9.47 Å². The van der Waals surface area contributed by atoms with E-state index in [4.69, 9.17) is 14.6 Å². The minimum Gasteiger partial charge on any atom is -0.490 e. The van der Waals surface area contributed by atoms with Gasteiger partial charge in [0.25, 0.3) is 0 Å². The molecule has 5 nitrogen and oxygen atoms in total. The van der Waals surface area contributed by atoms with Crippen molar-refractivity contribution < 1.29 is 19.4 Å². The second-order valence-electron chi connectivity index (χ2n) is 4.98. The van der Waals surface area contributed by atoms with Crippen molar-refractivity contribution >= 4 is 5.97 Å². The Bertz CT molecular complexity index is 458. The van der Waals surface area contributed by atoms with Crippen LogP contribution in [0.4, 0.5) is 0 Å². The van der Waals surface area contributed by atoms with Crippen LogP contribution in [0.2, 0.25) is 0 Å². The highest BCUT2D eigenvalue weighted by Gasteiger charge is 2.08.